The van der Waals surface area contributed by atoms with Crippen LogP contribution in [0.3, 0.4) is 0 Å². The number of aryl methyl sites for hydroxylation is 1. The second-order valence-electron chi connectivity index (χ2n) is 3.14. The lowest BCUT2D eigenvalue weighted by Gasteiger charge is -2.08. The molecule has 0 fully saturated rings. The largest absolute Gasteiger partial charge is 0.508 e. The maximum Gasteiger partial charge on any atom is 0.340 e. The molecule has 1 aromatic rings. The molecule has 4 heteroatoms. The number of hydrogen-bond acceptors (Lipinski definition) is 4. The van der Waals surface area contributed by atoms with Gasteiger partial charge in [-0.05, 0) is 25.0 Å². The molecule has 0 aromatic heterocycles. The summed E-state index contributed by atoms with van der Waals surface area (Å²) in [5, 5.41) is 9.50. The van der Waals surface area contributed by atoms with Gasteiger partial charge < -0.3 is 15.6 Å². The van der Waals surface area contributed by atoms with E-state index in [0.29, 0.717) is 24.2 Å². The highest BCUT2D eigenvalue weighted by Crippen LogP contribution is 2.25. The molecule has 4 nitrogen and oxygen atoms in total. The number of anilines is 1. The minimum Gasteiger partial charge on any atom is -0.508 e. The van der Waals surface area contributed by atoms with Crippen LogP contribution in [0.25, 0.3) is 0 Å². The van der Waals surface area contributed by atoms with Crippen LogP contribution >= 0.6 is 0 Å². The number of nitrogens with two attached hydrogens (primary N) is 1. The first-order valence-electron chi connectivity index (χ1n) is 4.88. The Kier molecular flexibility index (Phi) is 3.55. The van der Waals surface area contributed by atoms with Crippen molar-refractivity contribution < 1.29 is 14.6 Å². The molecular weight excluding hydrogens is 194 g/mol. The summed E-state index contributed by atoms with van der Waals surface area (Å²) in [4.78, 5) is 11.5. The zero-order valence-electron chi connectivity index (χ0n) is 8.91. The lowest BCUT2D eigenvalue weighted by atomic mass is 10.1. The number of phenolic OH excluding ortho intramolecular Hbond substituents is 1. The molecular formula is C11H15NO3. The average Bonchev–Trinajstić information content (AvgIpc) is 2.18. The number of carbonyl (C=O) groups is 1. The molecule has 15 heavy (non-hydrogen) atoms. The number of phenols is 1. The summed E-state index contributed by atoms with van der Waals surface area (Å²) in [6.07, 6.45) is 0.637. The van der Waals surface area contributed by atoms with E-state index in [1.165, 1.54) is 6.07 Å². The number of rotatable bonds is 3. The Morgan fingerprint density at radius 1 is 1.47 bits per heavy atom. The van der Waals surface area contributed by atoms with Gasteiger partial charge in [0.05, 0.1) is 12.2 Å². The predicted molar refractivity (Wildman–Crippen MR) is 57.9 cm³/mol. The first-order chi connectivity index (χ1) is 7.10. The van der Waals surface area contributed by atoms with Crippen molar-refractivity contribution in [2.45, 2.75) is 20.3 Å². The summed E-state index contributed by atoms with van der Waals surface area (Å²) in [5.41, 5.74) is 6.85. The summed E-state index contributed by atoms with van der Waals surface area (Å²) in [6, 6.07) is 2.95. The molecule has 0 atom stereocenters. The summed E-state index contributed by atoms with van der Waals surface area (Å²) < 4.78 is 4.85. The van der Waals surface area contributed by atoms with Crippen molar-refractivity contribution in [3.8, 4) is 5.75 Å². The molecule has 82 valence electrons. The van der Waals surface area contributed by atoms with Gasteiger partial charge in [-0.15, -0.1) is 0 Å². The van der Waals surface area contributed by atoms with Crippen LogP contribution in [-0.4, -0.2) is 17.7 Å². The minimum atomic E-state index is -0.454. The minimum absolute atomic E-state index is 0.114. The molecule has 0 unspecified atom stereocenters. The molecule has 0 aliphatic heterocycles. The maximum atomic E-state index is 11.5. The number of hydrogen-bond donors (Lipinski definition) is 2. The standard InChI is InChI=1S/C11H15NO3/c1-3-7-5-8(11(14)15-4-2)9(12)6-10(7)13/h5-6,13H,3-4,12H2,1-2H3. The fourth-order valence-corrected chi connectivity index (χ4v) is 1.32. The maximum absolute atomic E-state index is 11.5. The molecule has 0 amide bonds. The van der Waals surface area contributed by atoms with E-state index >= 15 is 0 Å². The third-order valence-electron chi connectivity index (χ3n) is 2.13. The number of nitrogen functional groups attached to an aromatic ring is 1. The van der Waals surface area contributed by atoms with Crippen LogP contribution in [0.1, 0.15) is 29.8 Å². The third kappa shape index (κ3) is 2.40. The molecule has 0 saturated carbocycles. The number of aromatic hydroxyl groups is 1. The molecule has 1 rings (SSSR count). The lowest BCUT2D eigenvalue weighted by molar-refractivity contribution is 0.0527. The summed E-state index contributed by atoms with van der Waals surface area (Å²) in [7, 11) is 0. The van der Waals surface area contributed by atoms with Gasteiger partial charge >= 0.3 is 5.97 Å². The Balaban J connectivity index is 3.12. The Labute approximate surface area is 88.7 Å². The number of carbonyl (C=O) groups excluding carboxylic acids is 1. The van der Waals surface area contributed by atoms with Gasteiger partial charge in [0.15, 0.2) is 0 Å². The van der Waals surface area contributed by atoms with Gasteiger partial charge in [-0.3, -0.25) is 0 Å². The number of benzene rings is 1. The van der Waals surface area contributed by atoms with Crippen molar-refractivity contribution in [2.24, 2.45) is 0 Å². The Morgan fingerprint density at radius 2 is 2.13 bits per heavy atom. The van der Waals surface area contributed by atoms with Gasteiger partial charge in [-0.2, -0.15) is 0 Å². The van der Waals surface area contributed by atoms with Crippen LogP contribution in [0.5, 0.6) is 5.75 Å². The van der Waals surface area contributed by atoms with Crippen LogP contribution in [-0.2, 0) is 11.2 Å². The van der Waals surface area contributed by atoms with E-state index in [1.807, 2.05) is 6.92 Å². The van der Waals surface area contributed by atoms with E-state index in [0.717, 1.165) is 0 Å². The number of ether oxygens (including phenoxy) is 1. The van der Waals surface area contributed by atoms with Gasteiger partial charge in [0, 0.05) is 11.8 Å². The van der Waals surface area contributed by atoms with Crippen molar-refractivity contribution in [2.75, 3.05) is 12.3 Å². The van der Waals surface area contributed by atoms with Crippen molar-refractivity contribution >= 4 is 11.7 Å². The van der Waals surface area contributed by atoms with E-state index in [9.17, 15) is 9.90 Å². The zero-order chi connectivity index (χ0) is 11.4. The fourth-order valence-electron chi connectivity index (χ4n) is 1.32. The monoisotopic (exact) mass is 209 g/mol. The van der Waals surface area contributed by atoms with E-state index in [1.54, 1.807) is 13.0 Å². The molecule has 3 N–H and O–H groups in total. The normalized spacial score (nSPS) is 10.0. The fraction of sp³-hybridized carbons (Fsp3) is 0.364. The van der Waals surface area contributed by atoms with Gasteiger partial charge in [0.2, 0.25) is 0 Å². The second kappa shape index (κ2) is 4.68. The molecule has 0 radical (unpaired) electrons. The molecule has 0 bridgehead atoms. The van der Waals surface area contributed by atoms with Crippen LogP contribution in [0.15, 0.2) is 12.1 Å². The quantitative estimate of drug-likeness (QED) is 0.587. The summed E-state index contributed by atoms with van der Waals surface area (Å²) >= 11 is 0. The lowest BCUT2D eigenvalue weighted by Crippen LogP contribution is -2.08. The zero-order valence-corrected chi connectivity index (χ0v) is 8.91. The van der Waals surface area contributed by atoms with Crippen molar-refractivity contribution in [3.05, 3.63) is 23.3 Å². The summed E-state index contributed by atoms with van der Waals surface area (Å²) in [5.74, 6) is -0.340. The Hall–Kier alpha value is -1.71. The van der Waals surface area contributed by atoms with Crippen LogP contribution < -0.4 is 5.73 Å². The van der Waals surface area contributed by atoms with E-state index in [4.69, 9.17) is 10.5 Å². The molecule has 0 aliphatic rings. The van der Waals surface area contributed by atoms with Gasteiger partial charge in [0.1, 0.15) is 5.75 Å². The molecule has 0 aliphatic carbocycles. The topological polar surface area (TPSA) is 72.5 Å². The van der Waals surface area contributed by atoms with Gasteiger partial charge in [-0.1, -0.05) is 6.92 Å². The highest BCUT2D eigenvalue weighted by atomic mass is 16.5. The van der Waals surface area contributed by atoms with Crippen molar-refractivity contribution in [3.63, 3.8) is 0 Å². The second-order valence-corrected chi connectivity index (χ2v) is 3.14. The average molecular weight is 209 g/mol. The van der Waals surface area contributed by atoms with Crippen molar-refractivity contribution in [1.29, 1.82) is 0 Å². The Bertz CT molecular complexity index is 374. The molecule has 0 spiro atoms. The summed E-state index contributed by atoms with van der Waals surface area (Å²) in [6.45, 7) is 3.93. The van der Waals surface area contributed by atoms with Gasteiger partial charge in [-0.25, -0.2) is 4.79 Å². The van der Waals surface area contributed by atoms with Crippen LogP contribution in [0, 0.1) is 0 Å². The third-order valence-corrected chi connectivity index (χ3v) is 2.13. The number of esters is 1. The van der Waals surface area contributed by atoms with Crippen LogP contribution in [0.2, 0.25) is 0 Å². The SMILES string of the molecule is CCOC(=O)c1cc(CC)c(O)cc1N. The van der Waals surface area contributed by atoms with Crippen LogP contribution in [0.4, 0.5) is 5.69 Å². The molecule has 0 saturated heterocycles. The first kappa shape index (κ1) is 11.4. The predicted octanol–water partition coefficient (Wildman–Crippen LogP) is 1.71. The highest BCUT2D eigenvalue weighted by molar-refractivity contribution is 5.95. The van der Waals surface area contributed by atoms with Crippen molar-refractivity contribution in [1.82, 2.24) is 0 Å². The van der Waals surface area contributed by atoms with E-state index in [2.05, 4.69) is 0 Å². The Morgan fingerprint density at radius 3 is 2.67 bits per heavy atom. The first-order valence-corrected chi connectivity index (χ1v) is 4.88. The van der Waals surface area contributed by atoms with Gasteiger partial charge in [0.25, 0.3) is 0 Å². The van der Waals surface area contributed by atoms with E-state index < -0.39 is 5.97 Å². The molecule has 1 aromatic carbocycles. The van der Waals surface area contributed by atoms with E-state index in [-0.39, 0.29) is 11.4 Å². The highest BCUT2D eigenvalue weighted by Gasteiger charge is 2.13. The molecule has 0 heterocycles. The smallest absolute Gasteiger partial charge is 0.340 e.